The second-order valence-corrected chi connectivity index (χ2v) is 7.17. The number of unbranched alkanes of at least 4 members (excludes halogenated alkanes) is 6. The molecule has 0 aliphatic heterocycles. The lowest BCUT2D eigenvalue weighted by Gasteiger charge is -2.33. The van der Waals surface area contributed by atoms with E-state index in [1.54, 1.807) is 0 Å². The van der Waals surface area contributed by atoms with Crippen molar-refractivity contribution >= 4 is 0 Å². The Morgan fingerprint density at radius 3 is 1.91 bits per heavy atom. The summed E-state index contributed by atoms with van der Waals surface area (Å²) in [4.78, 5) is 0. The van der Waals surface area contributed by atoms with Gasteiger partial charge in [-0.2, -0.15) is 0 Å². The van der Waals surface area contributed by atoms with Gasteiger partial charge in [0.2, 0.25) is 0 Å². The first-order valence-electron chi connectivity index (χ1n) is 9.71. The highest BCUT2D eigenvalue weighted by Gasteiger charge is 2.28. The van der Waals surface area contributed by atoms with Crippen molar-refractivity contribution in [2.24, 2.45) is 5.92 Å². The van der Waals surface area contributed by atoms with Crippen molar-refractivity contribution in [3.63, 3.8) is 0 Å². The number of methoxy groups -OCH3 is 1. The summed E-state index contributed by atoms with van der Waals surface area (Å²) in [7, 11) is 1.85. The average molecular weight is 315 g/mol. The van der Waals surface area contributed by atoms with E-state index in [4.69, 9.17) is 9.47 Å². The Labute approximate surface area is 140 Å². The molecule has 0 N–H and O–H groups in total. The third kappa shape index (κ3) is 11.5. The number of ether oxygens (including phenoxy) is 2. The second kappa shape index (κ2) is 14.5. The van der Waals surface area contributed by atoms with Gasteiger partial charge in [-0.05, 0) is 45.4 Å². The Kier molecular flexibility index (Phi) is 14.5. The molecule has 0 aliphatic carbocycles. The lowest BCUT2D eigenvalue weighted by molar-refractivity contribution is -0.0371. The van der Waals surface area contributed by atoms with Gasteiger partial charge < -0.3 is 9.47 Å². The normalized spacial score (nSPS) is 13.5. The van der Waals surface area contributed by atoms with Gasteiger partial charge in [0.15, 0.2) is 0 Å². The lowest BCUT2D eigenvalue weighted by atomic mass is 9.82. The van der Waals surface area contributed by atoms with Crippen LogP contribution in [-0.4, -0.2) is 25.9 Å². The maximum atomic E-state index is 5.75. The summed E-state index contributed by atoms with van der Waals surface area (Å²) in [6.45, 7) is 10.8. The molecular weight excluding hydrogens is 272 g/mol. The van der Waals surface area contributed by atoms with Gasteiger partial charge in [-0.3, -0.25) is 0 Å². The van der Waals surface area contributed by atoms with E-state index in [1.807, 2.05) is 7.11 Å². The second-order valence-electron chi connectivity index (χ2n) is 7.17. The summed E-state index contributed by atoms with van der Waals surface area (Å²) in [6, 6.07) is 0. The van der Waals surface area contributed by atoms with Crippen molar-refractivity contribution < 1.29 is 9.47 Å². The molecule has 0 aromatic heterocycles. The summed E-state index contributed by atoms with van der Waals surface area (Å²) in [5.41, 5.74) is -0.00711. The molecule has 0 aliphatic rings. The fraction of sp³-hybridized carbons (Fsp3) is 1.00. The number of hydrogen-bond acceptors (Lipinski definition) is 2. The van der Waals surface area contributed by atoms with Gasteiger partial charge in [0.1, 0.15) is 0 Å². The molecular formula is C20H42O2. The van der Waals surface area contributed by atoms with Crippen LogP contribution in [-0.2, 0) is 9.47 Å². The summed E-state index contributed by atoms with van der Waals surface area (Å²) < 4.78 is 11.5. The molecule has 0 rings (SSSR count). The molecule has 0 saturated heterocycles. The monoisotopic (exact) mass is 314 g/mol. The fourth-order valence-electron chi connectivity index (χ4n) is 2.96. The maximum Gasteiger partial charge on any atom is 0.0650 e. The van der Waals surface area contributed by atoms with Crippen LogP contribution in [0.5, 0.6) is 0 Å². The third-order valence-electron chi connectivity index (χ3n) is 4.90. The molecule has 0 aromatic carbocycles. The Morgan fingerprint density at radius 2 is 1.27 bits per heavy atom. The van der Waals surface area contributed by atoms with Crippen LogP contribution in [0.3, 0.4) is 0 Å². The molecule has 0 amide bonds. The zero-order valence-corrected chi connectivity index (χ0v) is 16.1. The zero-order valence-electron chi connectivity index (χ0n) is 16.1. The topological polar surface area (TPSA) is 18.5 Å². The molecule has 0 fully saturated rings. The zero-order chi connectivity index (χ0) is 16.7. The molecule has 1 atom stereocenters. The van der Waals surface area contributed by atoms with Gasteiger partial charge in [-0.1, -0.05) is 58.8 Å². The predicted octanol–water partition coefficient (Wildman–Crippen LogP) is 6.38. The van der Waals surface area contributed by atoms with Gasteiger partial charge in [-0.25, -0.2) is 0 Å². The molecule has 0 saturated carbocycles. The predicted molar refractivity (Wildman–Crippen MR) is 97.5 cm³/mol. The molecule has 2 heteroatoms. The Balaban J connectivity index is 3.91. The SMILES string of the molecule is CCCCCCCCC(CCCOCCCC)C(C)(C)OC. The van der Waals surface area contributed by atoms with Crippen LogP contribution in [0.1, 0.15) is 98.3 Å². The van der Waals surface area contributed by atoms with Crippen LogP contribution in [0.15, 0.2) is 0 Å². The molecule has 22 heavy (non-hydrogen) atoms. The Bertz CT molecular complexity index is 210. The van der Waals surface area contributed by atoms with Crippen molar-refractivity contribution in [3.8, 4) is 0 Å². The van der Waals surface area contributed by atoms with Crippen LogP contribution in [0.2, 0.25) is 0 Å². The van der Waals surface area contributed by atoms with Crippen LogP contribution in [0.25, 0.3) is 0 Å². The maximum absolute atomic E-state index is 5.75. The van der Waals surface area contributed by atoms with Crippen molar-refractivity contribution in [1.29, 1.82) is 0 Å². The fourth-order valence-corrected chi connectivity index (χ4v) is 2.96. The van der Waals surface area contributed by atoms with Crippen molar-refractivity contribution in [2.75, 3.05) is 20.3 Å². The first kappa shape index (κ1) is 21.9. The summed E-state index contributed by atoms with van der Waals surface area (Å²) in [5.74, 6) is 0.651. The highest BCUT2D eigenvalue weighted by atomic mass is 16.5. The lowest BCUT2D eigenvalue weighted by Crippen LogP contribution is -2.33. The van der Waals surface area contributed by atoms with Crippen LogP contribution in [0.4, 0.5) is 0 Å². The molecule has 2 nitrogen and oxygen atoms in total. The summed E-state index contributed by atoms with van der Waals surface area (Å²) in [6.07, 6.45) is 14.3. The van der Waals surface area contributed by atoms with E-state index in [9.17, 15) is 0 Å². The highest BCUT2D eigenvalue weighted by molar-refractivity contribution is 4.79. The van der Waals surface area contributed by atoms with E-state index in [0.29, 0.717) is 5.92 Å². The summed E-state index contributed by atoms with van der Waals surface area (Å²) in [5, 5.41) is 0. The van der Waals surface area contributed by atoms with E-state index < -0.39 is 0 Å². The standard InChI is InChI=1S/C20H42O2/c1-6-8-10-11-12-13-15-19(20(3,4)21-5)16-14-18-22-17-9-7-2/h19H,6-18H2,1-5H3. The Morgan fingerprint density at radius 1 is 0.727 bits per heavy atom. The number of rotatable bonds is 16. The minimum Gasteiger partial charge on any atom is -0.381 e. The molecule has 0 bridgehead atoms. The van der Waals surface area contributed by atoms with Gasteiger partial charge in [0.25, 0.3) is 0 Å². The van der Waals surface area contributed by atoms with E-state index in [1.165, 1.54) is 64.2 Å². The Hall–Kier alpha value is -0.0800. The molecule has 0 radical (unpaired) electrons. The highest BCUT2D eigenvalue weighted by Crippen LogP contribution is 2.30. The first-order valence-corrected chi connectivity index (χ1v) is 9.71. The van der Waals surface area contributed by atoms with Crippen LogP contribution in [0, 0.1) is 5.92 Å². The molecule has 0 spiro atoms. The van der Waals surface area contributed by atoms with E-state index in [0.717, 1.165) is 19.6 Å². The van der Waals surface area contributed by atoms with E-state index in [-0.39, 0.29) is 5.60 Å². The number of hydrogen-bond donors (Lipinski definition) is 0. The van der Waals surface area contributed by atoms with E-state index in [2.05, 4.69) is 27.7 Å². The van der Waals surface area contributed by atoms with Crippen molar-refractivity contribution in [1.82, 2.24) is 0 Å². The molecule has 0 heterocycles. The van der Waals surface area contributed by atoms with Crippen molar-refractivity contribution in [3.05, 3.63) is 0 Å². The molecule has 0 aromatic rings. The van der Waals surface area contributed by atoms with E-state index >= 15 is 0 Å². The third-order valence-corrected chi connectivity index (χ3v) is 4.90. The minimum atomic E-state index is -0.00711. The van der Waals surface area contributed by atoms with Gasteiger partial charge in [0, 0.05) is 20.3 Å². The van der Waals surface area contributed by atoms with Crippen molar-refractivity contribution in [2.45, 2.75) is 104 Å². The smallest absolute Gasteiger partial charge is 0.0650 e. The average Bonchev–Trinajstić information content (AvgIpc) is 2.51. The largest absolute Gasteiger partial charge is 0.381 e. The minimum absolute atomic E-state index is 0.00711. The summed E-state index contributed by atoms with van der Waals surface area (Å²) >= 11 is 0. The van der Waals surface area contributed by atoms with Gasteiger partial charge in [-0.15, -0.1) is 0 Å². The quantitative estimate of drug-likeness (QED) is 0.308. The van der Waals surface area contributed by atoms with Gasteiger partial charge in [0.05, 0.1) is 5.60 Å². The van der Waals surface area contributed by atoms with Crippen LogP contribution >= 0.6 is 0 Å². The van der Waals surface area contributed by atoms with Gasteiger partial charge >= 0.3 is 0 Å². The first-order chi connectivity index (χ1) is 10.6. The van der Waals surface area contributed by atoms with Crippen LogP contribution < -0.4 is 0 Å². The molecule has 1 unspecified atom stereocenters. The molecule has 134 valence electrons.